The zero-order chi connectivity index (χ0) is 13.8. The van der Waals surface area contributed by atoms with Crippen molar-refractivity contribution in [2.45, 2.75) is 9.96 Å². The molecule has 8 heteroatoms. The Morgan fingerprint density at radius 3 is 2.95 bits per heavy atom. The van der Waals surface area contributed by atoms with Gasteiger partial charge in [-0.15, -0.1) is 11.8 Å². The maximum atomic E-state index is 10.9. The summed E-state index contributed by atoms with van der Waals surface area (Å²) in [5.41, 5.74) is 6.37. The Morgan fingerprint density at radius 2 is 2.37 bits per heavy atom. The normalized spacial score (nSPS) is 10.4. The van der Waals surface area contributed by atoms with E-state index >= 15 is 0 Å². The smallest absolute Gasteiger partial charge is 0.311 e. The number of rotatable bonds is 5. The minimum Gasteiger partial charge on any atom is -0.490 e. The summed E-state index contributed by atoms with van der Waals surface area (Å²) >= 11 is 2.94. The number of ether oxygens (including phenoxy) is 1. The SMILES string of the molecule is COc1ccc(CSc2cnc(N)s2)cc1[N+](=O)[O-]. The van der Waals surface area contributed by atoms with Crippen LogP contribution in [0.25, 0.3) is 0 Å². The lowest BCUT2D eigenvalue weighted by molar-refractivity contribution is -0.385. The van der Waals surface area contributed by atoms with Gasteiger partial charge in [0.15, 0.2) is 10.9 Å². The zero-order valence-corrected chi connectivity index (χ0v) is 11.7. The van der Waals surface area contributed by atoms with Crippen LogP contribution >= 0.6 is 23.1 Å². The summed E-state index contributed by atoms with van der Waals surface area (Å²) in [6.07, 6.45) is 1.70. The number of thiazole rings is 1. The number of nitro groups is 1. The topological polar surface area (TPSA) is 91.3 Å². The fourth-order valence-corrected chi connectivity index (χ4v) is 3.16. The van der Waals surface area contributed by atoms with Crippen LogP contribution in [-0.2, 0) is 5.75 Å². The highest BCUT2D eigenvalue weighted by Gasteiger charge is 2.15. The third-order valence-electron chi connectivity index (χ3n) is 2.32. The molecule has 100 valence electrons. The monoisotopic (exact) mass is 297 g/mol. The van der Waals surface area contributed by atoms with Crippen molar-refractivity contribution in [2.75, 3.05) is 12.8 Å². The summed E-state index contributed by atoms with van der Waals surface area (Å²) in [5, 5.41) is 11.4. The molecule has 1 heterocycles. The highest BCUT2D eigenvalue weighted by atomic mass is 32.2. The number of methoxy groups -OCH3 is 1. The third-order valence-corrected chi connectivity index (χ3v) is 4.42. The molecule has 0 amide bonds. The summed E-state index contributed by atoms with van der Waals surface area (Å²) in [6, 6.07) is 4.94. The lowest BCUT2D eigenvalue weighted by Gasteiger charge is -2.04. The molecule has 0 spiro atoms. The minimum atomic E-state index is -0.447. The second-order valence-corrected chi connectivity index (χ2v) is 5.91. The van der Waals surface area contributed by atoms with Crippen LogP contribution < -0.4 is 10.5 Å². The van der Waals surface area contributed by atoms with Gasteiger partial charge < -0.3 is 10.5 Å². The number of nitrogen functional groups attached to an aromatic ring is 1. The quantitative estimate of drug-likeness (QED) is 0.518. The predicted molar refractivity (Wildman–Crippen MR) is 75.7 cm³/mol. The van der Waals surface area contributed by atoms with Crippen LogP contribution in [0.3, 0.4) is 0 Å². The van der Waals surface area contributed by atoms with E-state index in [0.29, 0.717) is 10.9 Å². The largest absolute Gasteiger partial charge is 0.490 e. The van der Waals surface area contributed by atoms with Crippen LogP contribution in [0, 0.1) is 10.1 Å². The number of benzene rings is 1. The average molecular weight is 297 g/mol. The van der Waals surface area contributed by atoms with E-state index in [-0.39, 0.29) is 11.4 Å². The molecule has 0 unspecified atom stereocenters. The molecule has 1 aromatic carbocycles. The maximum Gasteiger partial charge on any atom is 0.311 e. The lowest BCUT2D eigenvalue weighted by atomic mass is 10.2. The van der Waals surface area contributed by atoms with Gasteiger partial charge in [0.25, 0.3) is 0 Å². The van der Waals surface area contributed by atoms with Crippen LogP contribution in [-0.4, -0.2) is 17.0 Å². The van der Waals surface area contributed by atoms with E-state index in [9.17, 15) is 10.1 Å². The molecule has 2 aromatic rings. The Balaban J connectivity index is 2.12. The molecule has 0 aliphatic rings. The highest BCUT2D eigenvalue weighted by molar-refractivity contribution is 8.00. The standard InChI is InChI=1S/C11H11N3O3S2/c1-17-9-3-2-7(4-8(9)14(15)16)6-18-10-5-13-11(12)19-10/h2-5H,6H2,1H3,(H2,12,13). The number of nitro benzene ring substituents is 1. The number of thioether (sulfide) groups is 1. The molecule has 0 aliphatic carbocycles. The predicted octanol–water partition coefficient (Wildman–Crippen LogP) is 2.93. The van der Waals surface area contributed by atoms with Crippen LogP contribution in [0.5, 0.6) is 5.75 Å². The van der Waals surface area contributed by atoms with Gasteiger partial charge in [-0.05, 0) is 11.6 Å². The van der Waals surface area contributed by atoms with Gasteiger partial charge in [-0.25, -0.2) is 4.98 Å². The molecule has 6 nitrogen and oxygen atoms in total. The van der Waals surface area contributed by atoms with Crippen molar-refractivity contribution in [1.82, 2.24) is 4.98 Å². The van der Waals surface area contributed by atoms with Crippen molar-refractivity contribution < 1.29 is 9.66 Å². The fraction of sp³-hybridized carbons (Fsp3) is 0.182. The van der Waals surface area contributed by atoms with Gasteiger partial charge in [-0.2, -0.15) is 0 Å². The molecule has 0 saturated carbocycles. The van der Waals surface area contributed by atoms with Crippen molar-refractivity contribution in [1.29, 1.82) is 0 Å². The van der Waals surface area contributed by atoms with Crippen LogP contribution in [0.2, 0.25) is 0 Å². The van der Waals surface area contributed by atoms with E-state index in [2.05, 4.69) is 4.98 Å². The molecular formula is C11H11N3O3S2. The number of hydrogen-bond acceptors (Lipinski definition) is 7. The molecule has 0 fully saturated rings. The summed E-state index contributed by atoms with van der Waals surface area (Å²) < 4.78 is 5.94. The van der Waals surface area contributed by atoms with Crippen LogP contribution in [0.4, 0.5) is 10.8 Å². The minimum absolute atomic E-state index is 0.0237. The molecule has 0 bridgehead atoms. The number of anilines is 1. The summed E-state index contributed by atoms with van der Waals surface area (Å²) in [7, 11) is 1.41. The third kappa shape index (κ3) is 3.36. The second kappa shape index (κ2) is 5.89. The first-order valence-electron chi connectivity index (χ1n) is 5.25. The summed E-state index contributed by atoms with van der Waals surface area (Å²) in [5.74, 6) is 0.882. The Labute approximate surface area is 117 Å². The molecule has 2 rings (SSSR count). The molecule has 0 aliphatic heterocycles. The van der Waals surface area contributed by atoms with Gasteiger partial charge in [-0.3, -0.25) is 10.1 Å². The Kier molecular flexibility index (Phi) is 4.23. The molecule has 19 heavy (non-hydrogen) atoms. The van der Waals surface area contributed by atoms with Crippen LogP contribution in [0.1, 0.15) is 5.56 Å². The molecule has 1 aromatic heterocycles. The van der Waals surface area contributed by atoms with Crippen molar-refractivity contribution in [3.8, 4) is 5.75 Å². The van der Waals surface area contributed by atoms with E-state index in [1.165, 1.54) is 24.5 Å². The van der Waals surface area contributed by atoms with Crippen molar-refractivity contribution in [3.63, 3.8) is 0 Å². The first kappa shape index (κ1) is 13.6. The number of hydrogen-bond donors (Lipinski definition) is 1. The van der Waals surface area contributed by atoms with Gasteiger partial charge >= 0.3 is 5.69 Å². The first-order chi connectivity index (χ1) is 9.10. The van der Waals surface area contributed by atoms with Crippen molar-refractivity contribution >= 4 is 33.9 Å². The van der Waals surface area contributed by atoms with E-state index in [1.807, 2.05) is 6.07 Å². The van der Waals surface area contributed by atoms with Gasteiger partial charge in [0.1, 0.15) is 0 Å². The number of aromatic nitrogens is 1. The summed E-state index contributed by atoms with van der Waals surface area (Å²) in [4.78, 5) is 14.4. The van der Waals surface area contributed by atoms with Gasteiger partial charge in [0, 0.05) is 11.8 Å². The molecular weight excluding hydrogens is 286 g/mol. The number of nitrogens with zero attached hydrogens (tertiary/aromatic N) is 2. The average Bonchev–Trinajstić information content (AvgIpc) is 2.81. The van der Waals surface area contributed by atoms with Gasteiger partial charge in [0.2, 0.25) is 0 Å². The van der Waals surface area contributed by atoms with E-state index in [4.69, 9.17) is 10.5 Å². The lowest BCUT2D eigenvalue weighted by Crippen LogP contribution is -1.94. The Morgan fingerprint density at radius 1 is 1.58 bits per heavy atom. The summed E-state index contributed by atoms with van der Waals surface area (Å²) in [6.45, 7) is 0. The Hall–Kier alpha value is -1.80. The van der Waals surface area contributed by atoms with Crippen LogP contribution in [0.15, 0.2) is 28.6 Å². The van der Waals surface area contributed by atoms with E-state index in [1.54, 1.807) is 24.0 Å². The fourth-order valence-electron chi connectivity index (χ4n) is 1.46. The maximum absolute atomic E-state index is 10.9. The molecule has 0 saturated heterocycles. The van der Waals surface area contributed by atoms with Gasteiger partial charge in [-0.1, -0.05) is 17.4 Å². The van der Waals surface area contributed by atoms with Crippen molar-refractivity contribution in [3.05, 3.63) is 40.1 Å². The first-order valence-corrected chi connectivity index (χ1v) is 7.06. The molecule has 2 N–H and O–H groups in total. The van der Waals surface area contributed by atoms with Gasteiger partial charge in [0.05, 0.1) is 22.4 Å². The molecule has 0 radical (unpaired) electrons. The Bertz CT molecular complexity index is 601. The van der Waals surface area contributed by atoms with E-state index in [0.717, 1.165) is 9.77 Å². The van der Waals surface area contributed by atoms with Crippen molar-refractivity contribution in [2.24, 2.45) is 0 Å². The molecule has 0 atom stereocenters. The van der Waals surface area contributed by atoms with E-state index < -0.39 is 4.92 Å². The zero-order valence-electron chi connectivity index (χ0n) is 10.0. The highest BCUT2D eigenvalue weighted by Crippen LogP contribution is 2.32. The second-order valence-electron chi connectivity index (χ2n) is 3.57. The number of nitrogens with two attached hydrogens (primary N) is 1.